The third-order valence-corrected chi connectivity index (χ3v) is 11.2. The summed E-state index contributed by atoms with van der Waals surface area (Å²) in [6.45, 7) is 14.3. The Hall–Kier alpha value is -1.05. The predicted molar refractivity (Wildman–Crippen MR) is 128 cm³/mol. The van der Waals surface area contributed by atoms with Crippen LogP contribution in [0.2, 0.25) is 0 Å². The third kappa shape index (κ3) is 2.95. The summed E-state index contributed by atoms with van der Waals surface area (Å²) in [7, 11) is 0. The van der Waals surface area contributed by atoms with Crippen molar-refractivity contribution in [2.75, 3.05) is 0 Å². The van der Waals surface area contributed by atoms with E-state index in [1.54, 1.807) is 6.08 Å². The monoisotopic (exact) mass is 474 g/mol. The molecule has 34 heavy (non-hydrogen) atoms. The van der Waals surface area contributed by atoms with Gasteiger partial charge in [-0.15, -0.1) is 0 Å². The molecule has 5 aliphatic rings. The lowest BCUT2D eigenvalue weighted by atomic mass is 9.45. The highest BCUT2D eigenvalue weighted by Crippen LogP contribution is 2.69. The maximum Gasteiger partial charge on any atom is 0.159 e. The molecule has 6 heteroatoms. The van der Waals surface area contributed by atoms with Gasteiger partial charge in [0.25, 0.3) is 0 Å². The second-order valence-corrected chi connectivity index (χ2v) is 13.2. The van der Waals surface area contributed by atoms with E-state index in [1.807, 2.05) is 20.8 Å². The number of fused-ring (bicyclic) bond motifs is 5. The summed E-state index contributed by atoms with van der Waals surface area (Å²) in [5.74, 6) is -0.486. The molecule has 0 aromatic rings. The molecule has 5 rings (SSSR count). The Labute approximate surface area is 203 Å². The van der Waals surface area contributed by atoms with Crippen LogP contribution in [0.3, 0.4) is 0 Å². The maximum absolute atomic E-state index is 13.3. The Kier molecular flexibility index (Phi) is 5.26. The molecule has 0 amide bonds. The standard InChI is InChI=1S/C28H42O6/c1-15-11-23(32)27(6,34-24(15,2)3)22-8-10-28(33)17-12-19(29)18-13-20(30)21(31)14-25(18,4)16(17)7-9-26(22,28)5/h12,16,18,20-23,30-33H,1,7-11,13-14H2,2-6H3/t16-,18-,20+,21-,22-,23-,25+,26+,27+,28+/m0/s1. The summed E-state index contributed by atoms with van der Waals surface area (Å²) in [6, 6.07) is 0. The van der Waals surface area contributed by atoms with Gasteiger partial charge >= 0.3 is 0 Å². The fraction of sp³-hybridized carbons (Fsp3) is 0.821. The van der Waals surface area contributed by atoms with E-state index in [0.29, 0.717) is 25.7 Å². The van der Waals surface area contributed by atoms with Gasteiger partial charge < -0.3 is 25.2 Å². The van der Waals surface area contributed by atoms with Crippen LogP contribution in [0.25, 0.3) is 0 Å². The molecule has 0 bridgehead atoms. The molecule has 6 nitrogen and oxygen atoms in total. The molecule has 0 unspecified atom stereocenters. The molecule has 10 atom stereocenters. The first-order valence-corrected chi connectivity index (χ1v) is 13.0. The van der Waals surface area contributed by atoms with Crippen LogP contribution in [0.5, 0.6) is 0 Å². The fourth-order valence-corrected chi connectivity index (χ4v) is 8.96. The molecule has 190 valence electrons. The second kappa shape index (κ2) is 7.25. The molecule has 1 heterocycles. The van der Waals surface area contributed by atoms with E-state index < -0.39 is 45.9 Å². The van der Waals surface area contributed by atoms with Crippen molar-refractivity contribution in [3.8, 4) is 0 Å². The predicted octanol–water partition coefficient (Wildman–Crippen LogP) is 3.07. The number of ether oxygens (including phenoxy) is 1. The van der Waals surface area contributed by atoms with Gasteiger partial charge in [-0.25, -0.2) is 0 Å². The van der Waals surface area contributed by atoms with Crippen molar-refractivity contribution < 1.29 is 30.0 Å². The quantitative estimate of drug-likeness (QED) is 0.435. The molecule has 3 saturated carbocycles. The molecule has 0 radical (unpaired) electrons. The number of hydrogen-bond acceptors (Lipinski definition) is 6. The van der Waals surface area contributed by atoms with Crippen molar-refractivity contribution in [2.24, 2.45) is 28.6 Å². The summed E-state index contributed by atoms with van der Waals surface area (Å²) < 4.78 is 6.61. The fourth-order valence-electron chi connectivity index (χ4n) is 8.96. The second-order valence-electron chi connectivity index (χ2n) is 13.2. The maximum atomic E-state index is 13.3. The van der Waals surface area contributed by atoms with Gasteiger partial charge in [-0.05, 0) is 100 Å². The molecule has 0 aromatic carbocycles. The molecular weight excluding hydrogens is 432 g/mol. The molecular formula is C28H42O6. The molecule has 0 aromatic heterocycles. The molecule has 4 fully saturated rings. The number of hydrogen-bond donors (Lipinski definition) is 4. The van der Waals surface area contributed by atoms with Crippen LogP contribution in [0.1, 0.15) is 79.6 Å². The van der Waals surface area contributed by atoms with Crippen LogP contribution in [0, 0.1) is 28.6 Å². The first-order chi connectivity index (χ1) is 15.6. The van der Waals surface area contributed by atoms with Gasteiger partial charge in [0.1, 0.15) is 0 Å². The highest BCUT2D eigenvalue weighted by molar-refractivity contribution is 5.95. The van der Waals surface area contributed by atoms with E-state index in [9.17, 15) is 25.2 Å². The number of aliphatic hydroxyl groups is 4. The summed E-state index contributed by atoms with van der Waals surface area (Å²) in [5, 5.41) is 44.4. The Morgan fingerprint density at radius 1 is 1.00 bits per heavy atom. The Morgan fingerprint density at radius 3 is 2.35 bits per heavy atom. The zero-order chi connectivity index (χ0) is 25.1. The van der Waals surface area contributed by atoms with Crippen LogP contribution >= 0.6 is 0 Å². The van der Waals surface area contributed by atoms with E-state index in [1.165, 1.54) is 0 Å². The first kappa shape index (κ1) is 24.6. The number of carbonyl (C=O) groups excluding carboxylic acids is 1. The van der Waals surface area contributed by atoms with Gasteiger partial charge in [-0.3, -0.25) is 4.79 Å². The molecule has 4 N–H and O–H groups in total. The van der Waals surface area contributed by atoms with Crippen molar-refractivity contribution in [2.45, 2.75) is 115 Å². The molecule has 0 spiro atoms. The zero-order valence-corrected chi connectivity index (χ0v) is 21.3. The highest BCUT2D eigenvalue weighted by Gasteiger charge is 2.70. The Bertz CT molecular complexity index is 955. The van der Waals surface area contributed by atoms with Gasteiger partial charge in [-0.2, -0.15) is 0 Å². The van der Waals surface area contributed by atoms with Crippen molar-refractivity contribution >= 4 is 5.78 Å². The minimum absolute atomic E-state index is 0.0182. The van der Waals surface area contributed by atoms with Crippen LogP contribution in [0.4, 0.5) is 0 Å². The summed E-state index contributed by atoms with van der Waals surface area (Å²) >= 11 is 0. The van der Waals surface area contributed by atoms with Crippen LogP contribution < -0.4 is 0 Å². The van der Waals surface area contributed by atoms with Crippen molar-refractivity contribution in [3.05, 3.63) is 23.8 Å². The lowest BCUT2D eigenvalue weighted by Gasteiger charge is -2.62. The summed E-state index contributed by atoms with van der Waals surface area (Å²) in [6.07, 6.45) is 3.09. The smallest absolute Gasteiger partial charge is 0.159 e. The Balaban J connectivity index is 1.55. The van der Waals surface area contributed by atoms with E-state index in [-0.39, 0.29) is 30.0 Å². The zero-order valence-electron chi connectivity index (χ0n) is 21.3. The van der Waals surface area contributed by atoms with Crippen LogP contribution in [-0.4, -0.2) is 61.3 Å². The lowest BCUT2D eigenvalue weighted by molar-refractivity contribution is -0.242. The van der Waals surface area contributed by atoms with Gasteiger partial charge in [-0.1, -0.05) is 20.4 Å². The minimum atomic E-state index is -1.17. The number of rotatable bonds is 1. The first-order valence-electron chi connectivity index (χ1n) is 13.0. The van der Waals surface area contributed by atoms with E-state index in [0.717, 1.165) is 24.0 Å². The summed E-state index contributed by atoms with van der Waals surface area (Å²) in [4.78, 5) is 13.3. The average molecular weight is 475 g/mol. The summed E-state index contributed by atoms with van der Waals surface area (Å²) in [5.41, 5.74) is -1.95. The topological polar surface area (TPSA) is 107 Å². The number of allylic oxidation sites excluding steroid dienone is 1. The van der Waals surface area contributed by atoms with Crippen LogP contribution in [-0.2, 0) is 9.53 Å². The molecule has 1 saturated heterocycles. The minimum Gasteiger partial charge on any atom is -0.390 e. The van der Waals surface area contributed by atoms with Gasteiger partial charge in [0, 0.05) is 11.3 Å². The van der Waals surface area contributed by atoms with Crippen LogP contribution in [0.15, 0.2) is 23.8 Å². The third-order valence-electron chi connectivity index (χ3n) is 11.2. The van der Waals surface area contributed by atoms with Gasteiger partial charge in [0.2, 0.25) is 0 Å². The number of aliphatic hydroxyl groups excluding tert-OH is 3. The van der Waals surface area contributed by atoms with E-state index in [4.69, 9.17) is 4.74 Å². The van der Waals surface area contributed by atoms with Gasteiger partial charge in [0.05, 0.1) is 35.1 Å². The van der Waals surface area contributed by atoms with E-state index >= 15 is 0 Å². The Morgan fingerprint density at radius 2 is 1.68 bits per heavy atom. The SMILES string of the molecule is C=C1C[C@H](O)[C@@](C)([C@H]2CC[C@@]3(O)C4=CC(=O)[C@@H]5C[C@@H](O)[C@@H](O)C[C@]5(C)[C@H]4CC[C@]23C)OC1(C)C. The molecule has 4 aliphatic carbocycles. The van der Waals surface area contributed by atoms with Crippen molar-refractivity contribution in [3.63, 3.8) is 0 Å². The highest BCUT2D eigenvalue weighted by atomic mass is 16.5. The molecule has 1 aliphatic heterocycles. The largest absolute Gasteiger partial charge is 0.390 e. The normalized spacial score (nSPS) is 54.7. The van der Waals surface area contributed by atoms with Gasteiger partial charge in [0.15, 0.2) is 5.78 Å². The van der Waals surface area contributed by atoms with Crippen molar-refractivity contribution in [1.82, 2.24) is 0 Å². The number of carbonyl (C=O) groups is 1. The van der Waals surface area contributed by atoms with Crippen molar-refractivity contribution in [1.29, 1.82) is 0 Å². The lowest BCUT2D eigenvalue weighted by Crippen LogP contribution is -2.65. The van der Waals surface area contributed by atoms with E-state index in [2.05, 4.69) is 20.4 Å². The number of ketones is 1. The average Bonchev–Trinajstić information content (AvgIpc) is 3.01.